The van der Waals surface area contributed by atoms with E-state index < -0.39 is 5.41 Å². The van der Waals surface area contributed by atoms with Gasteiger partial charge in [0.15, 0.2) is 0 Å². The first kappa shape index (κ1) is 12.7. The molecule has 2 atom stereocenters. The summed E-state index contributed by atoms with van der Waals surface area (Å²) in [6.45, 7) is 1.91. The lowest BCUT2D eigenvalue weighted by Crippen LogP contribution is -2.48. The summed E-state index contributed by atoms with van der Waals surface area (Å²) in [5, 5.41) is 0. The minimum atomic E-state index is -0.437. The van der Waals surface area contributed by atoms with Gasteiger partial charge in [-0.25, -0.2) is 0 Å². The Kier molecular flexibility index (Phi) is 4.71. The topological polar surface area (TPSA) is 52.3 Å². The lowest BCUT2D eigenvalue weighted by atomic mass is 9.72. The predicted molar refractivity (Wildman–Crippen MR) is 53.8 cm³/mol. The van der Waals surface area contributed by atoms with Gasteiger partial charge >= 0.3 is 5.97 Å². The van der Waals surface area contributed by atoms with Gasteiger partial charge in [0, 0.05) is 6.04 Å². The first-order valence-electron chi connectivity index (χ1n) is 4.45. The molecule has 0 spiro atoms. The van der Waals surface area contributed by atoms with Crippen LogP contribution in [-0.2, 0) is 9.53 Å². The summed E-state index contributed by atoms with van der Waals surface area (Å²) in [5.74, 6) is -0.158. The molecule has 1 aliphatic carbocycles. The Hall–Kier alpha value is -0.280. The summed E-state index contributed by atoms with van der Waals surface area (Å²) in [5.41, 5.74) is 5.45. The van der Waals surface area contributed by atoms with E-state index in [4.69, 9.17) is 10.5 Å². The second-order valence-corrected chi connectivity index (χ2v) is 3.76. The number of methoxy groups -OCH3 is 1. The highest BCUT2D eigenvalue weighted by Crippen LogP contribution is 2.35. The normalized spacial score (nSPS) is 33.3. The molecule has 4 heteroatoms. The van der Waals surface area contributed by atoms with Crippen molar-refractivity contribution in [2.24, 2.45) is 11.1 Å². The fourth-order valence-electron chi connectivity index (χ4n) is 1.85. The predicted octanol–water partition coefficient (Wildman–Crippen LogP) is 1.49. The summed E-state index contributed by atoms with van der Waals surface area (Å²) in [7, 11) is 1.43. The number of esters is 1. The van der Waals surface area contributed by atoms with Crippen molar-refractivity contribution in [1.82, 2.24) is 0 Å². The van der Waals surface area contributed by atoms with Crippen molar-refractivity contribution < 1.29 is 9.53 Å². The monoisotopic (exact) mass is 207 g/mol. The van der Waals surface area contributed by atoms with Crippen molar-refractivity contribution in [3.8, 4) is 0 Å². The largest absolute Gasteiger partial charge is 0.469 e. The summed E-state index contributed by atoms with van der Waals surface area (Å²) in [6.07, 6.45) is 4.01. The van der Waals surface area contributed by atoms with Gasteiger partial charge in [-0.1, -0.05) is 12.8 Å². The molecule has 1 fully saturated rings. The van der Waals surface area contributed by atoms with Crippen LogP contribution in [0.4, 0.5) is 0 Å². The summed E-state index contributed by atoms with van der Waals surface area (Å²) in [6, 6.07) is -0.0290. The Bertz CT molecular complexity index is 186. The van der Waals surface area contributed by atoms with Gasteiger partial charge in [-0.3, -0.25) is 4.79 Å². The quantitative estimate of drug-likeness (QED) is 0.663. The van der Waals surface area contributed by atoms with Crippen molar-refractivity contribution >= 4 is 18.4 Å². The van der Waals surface area contributed by atoms with Crippen LogP contribution in [-0.4, -0.2) is 19.1 Å². The molecule has 0 aromatic heterocycles. The summed E-state index contributed by atoms with van der Waals surface area (Å²) < 4.78 is 4.74. The van der Waals surface area contributed by atoms with E-state index in [9.17, 15) is 4.79 Å². The van der Waals surface area contributed by atoms with Crippen LogP contribution in [0, 0.1) is 5.41 Å². The van der Waals surface area contributed by atoms with Gasteiger partial charge in [0.2, 0.25) is 0 Å². The molecule has 1 aliphatic rings. The maximum atomic E-state index is 11.4. The second kappa shape index (κ2) is 4.82. The SMILES string of the molecule is COC(=O)C1(C)CCCCC1N.Cl. The first-order chi connectivity index (χ1) is 5.61. The van der Waals surface area contributed by atoms with E-state index in [0.29, 0.717) is 0 Å². The molecule has 2 unspecified atom stereocenters. The van der Waals surface area contributed by atoms with Crippen molar-refractivity contribution in [1.29, 1.82) is 0 Å². The van der Waals surface area contributed by atoms with E-state index in [1.165, 1.54) is 7.11 Å². The zero-order chi connectivity index (χ0) is 9.19. The molecule has 1 saturated carbocycles. The zero-order valence-electron chi connectivity index (χ0n) is 8.21. The second-order valence-electron chi connectivity index (χ2n) is 3.76. The number of hydrogen-bond donors (Lipinski definition) is 1. The van der Waals surface area contributed by atoms with E-state index in [-0.39, 0.29) is 24.4 Å². The van der Waals surface area contributed by atoms with Crippen LogP contribution < -0.4 is 5.73 Å². The van der Waals surface area contributed by atoms with Crippen molar-refractivity contribution in [2.75, 3.05) is 7.11 Å². The maximum Gasteiger partial charge on any atom is 0.313 e. The molecule has 0 radical (unpaired) electrons. The van der Waals surface area contributed by atoms with Gasteiger partial charge in [-0.15, -0.1) is 12.4 Å². The molecular weight excluding hydrogens is 190 g/mol. The number of carbonyl (C=O) groups excluding carboxylic acids is 1. The molecule has 2 N–H and O–H groups in total. The molecule has 0 saturated heterocycles. The molecule has 0 heterocycles. The van der Waals surface area contributed by atoms with Crippen molar-refractivity contribution in [3.05, 3.63) is 0 Å². The van der Waals surface area contributed by atoms with Gasteiger partial charge in [0.25, 0.3) is 0 Å². The van der Waals surface area contributed by atoms with Crippen LogP contribution in [0.1, 0.15) is 32.6 Å². The number of hydrogen-bond acceptors (Lipinski definition) is 3. The minimum Gasteiger partial charge on any atom is -0.469 e. The Morgan fingerprint density at radius 1 is 1.54 bits per heavy atom. The molecule has 0 bridgehead atoms. The molecule has 0 amide bonds. The Morgan fingerprint density at radius 2 is 2.15 bits per heavy atom. The van der Waals surface area contributed by atoms with Gasteiger partial charge in [-0.2, -0.15) is 0 Å². The number of carbonyl (C=O) groups is 1. The maximum absolute atomic E-state index is 11.4. The first-order valence-corrected chi connectivity index (χ1v) is 4.45. The molecule has 78 valence electrons. The standard InChI is InChI=1S/C9H17NO2.ClH/c1-9(8(11)12-2)6-4-3-5-7(9)10;/h7H,3-6,10H2,1-2H3;1H. The van der Waals surface area contributed by atoms with E-state index in [1.54, 1.807) is 0 Å². The van der Waals surface area contributed by atoms with E-state index in [1.807, 2.05) is 6.92 Å². The highest BCUT2D eigenvalue weighted by Gasteiger charge is 2.41. The lowest BCUT2D eigenvalue weighted by Gasteiger charge is -2.36. The molecule has 0 aromatic rings. The number of nitrogens with two attached hydrogens (primary N) is 1. The van der Waals surface area contributed by atoms with Crippen molar-refractivity contribution in [3.63, 3.8) is 0 Å². The zero-order valence-corrected chi connectivity index (χ0v) is 9.02. The molecule has 13 heavy (non-hydrogen) atoms. The molecule has 3 nitrogen and oxygen atoms in total. The summed E-state index contributed by atoms with van der Waals surface area (Å²) >= 11 is 0. The third-order valence-corrected chi connectivity index (χ3v) is 2.93. The molecule has 1 rings (SSSR count). The van der Waals surface area contributed by atoms with Gasteiger partial charge in [-0.05, 0) is 19.8 Å². The molecule has 0 aromatic carbocycles. The number of halogens is 1. The van der Waals surface area contributed by atoms with Crippen LogP contribution in [0.3, 0.4) is 0 Å². The Labute approximate surface area is 85.4 Å². The van der Waals surface area contributed by atoms with Crippen molar-refractivity contribution in [2.45, 2.75) is 38.6 Å². The van der Waals surface area contributed by atoms with Crippen LogP contribution in [0.15, 0.2) is 0 Å². The number of rotatable bonds is 1. The highest BCUT2D eigenvalue weighted by molar-refractivity contribution is 5.85. The smallest absolute Gasteiger partial charge is 0.313 e. The van der Waals surface area contributed by atoms with Gasteiger partial charge < -0.3 is 10.5 Å². The van der Waals surface area contributed by atoms with Crippen LogP contribution >= 0.6 is 12.4 Å². The summed E-state index contributed by atoms with van der Waals surface area (Å²) in [4.78, 5) is 11.4. The third kappa shape index (κ3) is 2.35. The van der Waals surface area contributed by atoms with E-state index >= 15 is 0 Å². The van der Waals surface area contributed by atoms with E-state index in [0.717, 1.165) is 25.7 Å². The Balaban J connectivity index is 0.00000144. The molecular formula is C9H18ClNO2. The number of ether oxygens (including phenoxy) is 1. The Morgan fingerprint density at radius 3 is 2.62 bits per heavy atom. The molecule has 0 aliphatic heterocycles. The van der Waals surface area contributed by atoms with Crippen LogP contribution in [0.2, 0.25) is 0 Å². The van der Waals surface area contributed by atoms with Gasteiger partial charge in [0.05, 0.1) is 12.5 Å². The van der Waals surface area contributed by atoms with Gasteiger partial charge in [0.1, 0.15) is 0 Å². The lowest BCUT2D eigenvalue weighted by molar-refractivity contribution is -0.154. The third-order valence-electron chi connectivity index (χ3n) is 2.93. The van der Waals surface area contributed by atoms with E-state index in [2.05, 4.69) is 0 Å². The fraction of sp³-hybridized carbons (Fsp3) is 0.889. The average Bonchev–Trinajstić information content (AvgIpc) is 2.09. The van der Waals surface area contributed by atoms with Crippen LogP contribution in [0.5, 0.6) is 0 Å². The minimum absolute atomic E-state index is 0. The average molecular weight is 208 g/mol. The van der Waals surface area contributed by atoms with Crippen LogP contribution in [0.25, 0.3) is 0 Å². The fourth-order valence-corrected chi connectivity index (χ4v) is 1.85. The highest BCUT2D eigenvalue weighted by atomic mass is 35.5.